The molecule has 0 aliphatic rings. The Morgan fingerprint density at radius 3 is 2.55 bits per heavy atom. The normalized spacial score (nSPS) is 10.9. The predicted octanol–water partition coefficient (Wildman–Crippen LogP) is 0.546. The van der Waals surface area contributed by atoms with Crippen LogP contribution < -0.4 is 10.6 Å². The minimum Gasteiger partial charge on any atom is -0.371 e. The maximum Gasteiger partial charge on any atom is 0.293 e. The number of hydrogen-bond acceptors (Lipinski definition) is 6. The number of benzene rings is 1. The largest absolute Gasteiger partial charge is 0.371 e. The molecule has 1 rings (SSSR count). The van der Waals surface area contributed by atoms with Gasteiger partial charge in [0.1, 0.15) is 5.69 Å². The van der Waals surface area contributed by atoms with E-state index < -0.39 is 20.4 Å². The Morgan fingerprint density at radius 1 is 1.40 bits per heavy atom. The summed E-state index contributed by atoms with van der Waals surface area (Å²) in [5.41, 5.74) is -0.300. The third kappa shape index (κ3) is 4.19. The fourth-order valence-electron chi connectivity index (χ4n) is 1.48. The van der Waals surface area contributed by atoms with Gasteiger partial charge in [0, 0.05) is 18.9 Å². The molecule has 0 unspecified atom stereocenters. The summed E-state index contributed by atoms with van der Waals surface area (Å²) in [4.78, 5) is 21.4. The second-order valence-corrected chi connectivity index (χ2v) is 6.03. The number of nitro benzene ring substituents is 1. The number of nitrogens with one attached hydrogen (secondary N) is 2. The quantitative estimate of drug-likeness (QED) is 0.585. The minimum atomic E-state index is -3.53. The van der Waals surface area contributed by atoms with Gasteiger partial charge in [-0.25, -0.2) is 8.42 Å². The molecule has 1 aromatic carbocycles. The van der Waals surface area contributed by atoms with Crippen LogP contribution in [0.25, 0.3) is 0 Å². The number of sulfone groups is 1. The summed E-state index contributed by atoms with van der Waals surface area (Å²) in [6, 6.07) is 3.49. The smallest absolute Gasteiger partial charge is 0.293 e. The lowest BCUT2D eigenvalue weighted by atomic mass is 10.2. The Balaban J connectivity index is 3.03. The first-order valence-electron chi connectivity index (χ1n) is 5.74. The zero-order valence-corrected chi connectivity index (χ0v) is 11.9. The third-order valence-corrected chi connectivity index (χ3v) is 3.52. The molecule has 0 atom stereocenters. The third-order valence-electron chi connectivity index (χ3n) is 2.41. The SMILES string of the molecule is CCNC(=O)CNc1ccc(S(C)(=O)=O)cc1[N+](=O)[O-]. The number of carbonyl (C=O) groups excluding carboxylic acids is 1. The Morgan fingerprint density at radius 2 is 2.05 bits per heavy atom. The fourth-order valence-corrected chi connectivity index (χ4v) is 2.12. The molecule has 0 aromatic heterocycles. The molecule has 1 amide bonds. The van der Waals surface area contributed by atoms with Gasteiger partial charge in [0.15, 0.2) is 9.84 Å². The first-order chi connectivity index (χ1) is 9.25. The van der Waals surface area contributed by atoms with Gasteiger partial charge in [0.2, 0.25) is 5.91 Å². The summed E-state index contributed by atoms with van der Waals surface area (Å²) in [5.74, 6) is -0.311. The van der Waals surface area contributed by atoms with Gasteiger partial charge in [-0.2, -0.15) is 0 Å². The first kappa shape index (κ1) is 15.9. The lowest BCUT2D eigenvalue weighted by Gasteiger charge is -2.08. The molecule has 0 saturated carbocycles. The minimum absolute atomic E-state index is 0.0913. The molecular formula is C11H15N3O5S. The van der Waals surface area contributed by atoms with Crippen molar-refractivity contribution in [3.63, 3.8) is 0 Å². The lowest BCUT2D eigenvalue weighted by Crippen LogP contribution is -2.29. The van der Waals surface area contributed by atoms with Crippen LogP contribution in [0.1, 0.15) is 6.92 Å². The topological polar surface area (TPSA) is 118 Å². The molecule has 1 aromatic rings. The van der Waals surface area contributed by atoms with Crippen molar-refractivity contribution in [1.29, 1.82) is 0 Å². The van der Waals surface area contributed by atoms with Gasteiger partial charge in [0.25, 0.3) is 5.69 Å². The molecule has 9 heteroatoms. The van der Waals surface area contributed by atoms with Crippen LogP contribution in [0.3, 0.4) is 0 Å². The standard InChI is InChI=1S/C11H15N3O5S/c1-3-12-11(15)7-13-9-5-4-8(20(2,18)19)6-10(9)14(16)17/h4-6,13H,3,7H2,1-2H3,(H,12,15). The Bertz CT molecular complexity index is 627. The van der Waals surface area contributed by atoms with E-state index in [0.717, 1.165) is 12.3 Å². The Kier molecular flexibility index (Phi) is 5.03. The number of carbonyl (C=O) groups is 1. The van der Waals surface area contributed by atoms with Crippen molar-refractivity contribution in [3.8, 4) is 0 Å². The van der Waals surface area contributed by atoms with Crippen LogP contribution >= 0.6 is 0 Å². The molecule has 0 heterocycles. The van der Waals surface area contributed by atoms with Gasteiger partial charge < -0.3 is 10.6 Å². The molecule has 0 aliphatic carbocycles. The van der Waals surface area contributed by atoms with Crippen molar-refractivity contribution >= 4 is 27.1 Å². The first-order valence-corrected chi connectivity index (χ1v) is 7.64. The van der Waals surface area contributed by atoms with E-state index in [1.54, 1.807) is 6.92 Å². The number of rotatable bonds is 6. The van der Waals surface area contributed by atoms with E-state index >= 15 is 0 Å². The van der Waals surface area contributed by atoms with E-state index in [9.17, 15) is 23.3 Å². The van der Waals surface area contributed by atoms with Crippen LogP contribution in [0, 0.1) is 10.1 Å². The van der Waals surface area contributed by atoms with Crippen LogP contribution in [0.15, 0.2) is 23.1 Å². The van der Waals surface area contributed by atoms with Gasteiger partial charge in [-0.1, -0.05) is 0 Å². The lowest BCUT2D eigenvalue weighted by molar-refractivity contribution is -0.384. The zero-order chi connectivity index (χ0) is 15.3. The Labute approximate surface area is 116 Å². The molecule has 0 spiro atoms. The van der Waals surface area contributed by atoms with Gasteiger partial charge in [0.05, 0.1) is 16.4 Å². The summed E-state index contributed by atoms with van der Waals surface area (Å²) >= 11 is 0. The summed E-state index contributed by atoms with van der Waals surface area (Å²) in [6.45, 7) is 2.07. The molecule has 110 valence electrons. The van der Waals surface area contributed by atoms with Crippen LogP contribution in [-0.2, 0) is 14.6 Å². The van der Waals surface area contributed by atoms with E-state index in [0.29, 0.717) is 6.54 Å². The van der Waals surface area contributed by atoms with Crippen molar-refractivity contribution < 1.29 is 18.1 Å². The van der Waals surface area contributed by atoms with Crippen LogP contribution in [0.4, 0.5) is 11.4 Å². The van der Waals surface area contributed by atoms with Crippen molar-refractivity contribution in [2.75, 3.05) is 24.7 Å². The van der Waals surface area contributed by atoms with E-state index in [1.807, 2.05) is 0 Å². The van der Waals surface area contributed by atoms with Crippen molar-refractivity contribution in [2.45, 2.75) is 11.8 Å². The van der Waals surface area contributed by atoms with E-state index in [4.69, 9.17) is 0 Å². The summed E-state index contributed by atoms with van der Waals surface area (Å²) in [7, 11) is -3.53. The van der Waals surface area contributed by atoms with Crippen LogP contribution in [0.5, 0.6) is 0 Å². The van der Waals surface area contributed by atoms with Crippen LogP contribution in [-0.4, -0.2) is 38.6 Å². The molecule has 0 fully saturated rings. The van der Waals surface area contributed by atoms with Gasteiger partial charge in [-0.3, -0.25) is 14.9 Å². The summed E-state index contributed by atoms with van der Waals surface area (Å²) in [5, 5.41) is 16.1. The van der Waals surface area contributed by atoms with Gasteiger partial charge in [-0.05, 0) is 19.1 Å². The maximum atomic E-state index is 11.4. The molecule has 0 aliphatic heterocycles. The highest BCUT2D eigenvalue weighted by Crippen LogP contribution is 2.27. The molecule has 0 radical (unpaired) electrons. The van der Waals surface area contributed by atoms with E-state index in [1.165, 1.54) is 12.1 Å². The van der Waals surface area contributed by atoms with E-state index in [2.05, 4.69) is 10.6 Å². The van der Waals surface area contributed by atoms with Crippen LogP contribution in [0.2, 0.25) is 0 Å². The molecular weight excluding hydrogens is 286 g/mol. The zero-order valence-electron chi connectivity index (χ0n) is 11.0. The number of likely N-dealkylation sites (N-methyl/N-ethyl adjacent to an activating group) is 1. The van der Waals surface area contributed by atoms with Crippen molar-refractivity contribution in [2.24, 2.45) is 0 Å². The van der Waals surface area contributed by atoms with Gasteiger partial charge in [-0.15, -0.1) is 0 Å². The Hall–Kier alpha value is -2.16. The fraction of sp³-hybridized carbons (Fsp3) is 0.364. The molecule has 8 nitrogen and oxygen atoms in total. The molecule has 0 saturated heterocycles. The highest BCUT2D eigenvalue weighted by molar-refractivity contribution is 7.90. The average Bonchev–Trinajstić information content (AvgIpc) is 2.35. The number of nitro groups is 1. The molecule has 20 heavy (non-hydrogen) atoms. The molecule has 0 bridgehead atoms. The maximum absolute atomic E-state index is 11.4. The van der Waals surface area contributed by atoms with Crippen molar-refractivity contribution in [1.82, 2.24) is 5.32 Å². The van der Waals surface area contributed by atoms with E-state index in [-0.39, 0.29) is 23.0 Å². The monoisotopic (exact) mass is 301 g/mol. The second kappa shape index (κ2) is 6.33. The number of amides is 1. The predicted molar refractivity (Wildman–Crippen MR) is 73.4 cm³/mol. The number of nitrogens with zero attached hydrogens (tertiary/aromatic N) is 1. The summed E-state index contributed by atoms with van der Waals surface area (Å²) in [6.07, 6.45) is 0.966. The number of hydrogen-bond donors (Lipinski definition) is 2. The van der Waals surface area contributed by atoms with Gasteiger partial charge >= 0.3 is 0 Å². The number of anilines is 1. The highest BCUT2D eigenvalue weighted by atomic mass is 32.2. The van der Waals surface area contributed by atoms with Crippen molar-refractivity contribution in [3.05, 3.63) is 28.3 Å². The second-order valence-electron chi connectivity index (χ2n) is 4.02. The average molecular weight is 301 g/mol. The molecule has 2 N–H and O–H groups in total. The summed E-state index contributed by atoms with van der Waals surface area (Å²) < 4.78 is 22.7. The highest BCUT2D eigenvalue weighted by Gasteiger charge is 2.18.